The maximum atomic E-state index is 12.9. The molecule has 2 aliphatic rings. The quantitative estimate of drug-likeness (QED) is 0.671. The van der Waals surface area contributed by atoms with Crippen molar-refractivity contribution in [3.8, 4) is 0 Å². The van der Waals surface area contributed by atoms with Gasteiger partial charge in [-0.25, -0.2) is 0 Å². The lowest BCUT2D eigenvalue weighted by atomic mass is 9.88. The van der Waals surface area contributed by atoms with Gasteiger partial charge in [0.15, 0.2) is 0 Å². The van der Waals surface area contributed by atoms with Crippen molar-refractivity contribution in [2.24, 2.45) is 5.73 Å². The first kappa shape index (κ1) is 19.6. The summed E-state index contributed by atoms with van der Waals surface area (Å²) in [5.74, 6) is -2.11. The van der Waals surface area contributed by atoms with Crippen molar-refractivity contribution in [3.05, 3.63) is 41.6 Å². The van der Waals surface area contributed by atoms with Crippen LogP contribution in [-0.2, 0) is 9.59 Å². The number of nitrogens with zero attached hydrogens (tertiary/aromatic N) is 1. The average Bonchev–Trinajstić information content (AvgIpc) is 2.84. The van der Waals surface area contributed by atoms with Gasteiger partial charge < -0.3 is 16.4 Å². The molecule has 0 aliphatic carbocycles. The molecule has 138 valence electrons. The summed E-state index contributed by atoms with van der Waals surface area (Å²) in [6.45, 7) is 5.01. The number of halogens is 1. The second-order valence-electron chi connectivity index (χ2n) is 6.26. The van der Waals surface area contributed by atoms with Crippen LogP contribution in [0.2, 0.25) is 0 Å². The molecule has 1 unspecified atom stereocenters. The summed E-state index contributed by atoms with van der Waals surface area (Å²) in [5, 5.41) is 5.12. The minimum atomic E-state index is -1.32. The number of piperidine rings is 1. The first-order valence-electron chi connectivity index (χ1n) is 7.80. The monoisotopic (exact) mass is 378 g/mol. The zero-order valence-corrected chi connectivity index (χ0v) is 14.9. The highest BCUT2D eigenvalue weighted by Crippen LogP contribution is 2.37. The van der Waals surface area contributed by atoms with E-state index >= 15 is 0 Å². The normalized spacial score (nSPS) is 21.8. The minimum absolute atomic E-state index is 0. The molecule has 0 spiro atoms. The van der Waals surface area contributed by atoms with Gasteiger partial charge >= 0.3 is 0 Å². The maximum absolute atomic E-state index is 12.9. The fourth-order valence-electron chi connectivity index (χ4n) is 3.12. The summed E-state index contributed by atoms with van der Waals surface area (Å²) in [6.07, 6.45) is 0.750. The smallest absolute Gasteiger partial charge is 0.264 e. The van der Waals surface area contributed by atoms with Gasteiger partial charge in [0, 0.05) is 5.70 Å². The summed E-state index contributed by atoms with van der Waals surface area (Å²) in [7, 11) is 0. The number of hydrogen-bond donors (Lipinski definition) is 3. The lowest BCUT2D eigenvalue weighted by Gasteiger charge is -2.39. The fourth-order valence-corrected chi connectivity index (χ4v) is 3.12. The molecule has 2 aliphatic heterocycles. The first-order chi connectivity index (χ1) is 11.8. The van der Waals surface area contributed by atoms with Crippen molar-refractivity contribution in [1.29, 1.82) is 0 Å². The van der Waals surface area contributed by atoms with Crippen LogP contribution in [0.4, 0.5) is 5.69 Å². The lowest BCUT2D eigenvalue weighted by Crippen LogP contribution is -2.60. The molecule has 0 bridgehead atoms. The SMILES string of the molecule is C=C1CCC(C)(N2C(=O)c3cccc(NC(=O)CN)c3C2=O)C(=O)N1.Cl. The molecule has 4 N–H and O–H groups in total. The number of nitrogens with two attached hydrogens (primary N) is 1. The van der Waals surface area contributed by atoms with Crippen molar-refractivity contribution in [1.82, 2.24) is 10.2 Å². The zero-order valence-electron chi connectivity index (χ0n) is 14.1. The molecule has 1 fully saturated rings. The van der Waals surface area contributed by atoms with Crippen molar-refractivity contribution >= 4 is 41.7 Å². The number of carbonyl (C=O) groups excluding carboxylic acids is 4. The lowest BCUT2D eigenvalue weighted by molar-refractivity contribution is -0.131. The van der Waals surface area contributed by atoms with Crippen LogP contribution in [0.25, 0.3) is 0 Å². The van der Waals surface area contributed by atoms with Gasteiger partial charge in [0.2, 0.25) is 11.8 Å². The average molecular weight is 379 g/mol. The summed E-state index contributed by atoms with van der Waals surface area (Å²) < 4.78 is 0. The maximum Gasteiger partial charge on any atom is 0.264 e. The Bertz CT molecular complexity index is 838. The van der Waals surface area contributed by atoms with E-state index in [4.69, 9.17) is 5.73 Å². The fraction of sp³-hybridized carbons (Fsp3) is 0.294. The van der Waals surface area contributed by atoms with E-state index in [1.54, 1.807) is 13.0 Å². The van der Waals surface area contributed by atoms with E-state index < -0.39 is 29.2 Å². The van der Waals surface area contributed by atoms with Gasteiger partial charge in [-0.05, 0) is 31.9 Å². The Balaban J connectivity index is 0.00000243. The van der Waals surface area contributed by atoms with E-state index in [1.165, 1.54) is 12.1 Å². The van der Waals surface area contributed by atoms with Crippen molar-refractivity contribution in [3.63, 3.8) is 0 Å². The Morgan fingerprint density at radius 1 is 1.35 bits per heavy atom. The number of nitrogens with one attached hydrogen (secondary N) is 2. The standard InChI is InChI=1S/C17H18N4O4.ClH/c1-9-6-7-17(2,16(25)19-9)21-14(23)10-4-3-5-11(13(10)15(21)24)20-12(22)8-18;/h3-5H,1,6-8,18H2,2H3,(H,19,25)(H,20,22);1H. The number of carbonyl (C=O) groups is 4. The molecule has 3 rings (SSSR count). The zero-order chi connectivity index (χ0) is 18.4. The Morgan fingerprint density at radius 2 is 2.04 bits per heavy atom. The van der Waals surface area contributed by atoms with Crippen molar-refractivity contribution in [2.45, 2.75) is 25.3 Å². The predicted molar refractivity (Wildman–Crippen MR) is 96.8 cm³/mol. The van der Waals surface area contributed by atoms with Gasteiger partial charge in [0.05, 0.1) is 23.4 Å². The summed E-state index contributed by atoms with van der Waals surface area (Å²) in [6, 6.07) is 4.58. The van der Waals surface area contributed by atoms with Gasteiger partial charge in [-0.1, -0.05) is 12.6 Å². The second kappa shape index (κ2) is 6.89. The number of hydrogen-bond acceptors (Lipinski definition) is 5. The van der Waals surface area contributed by atoms with Crippen LogP contribution in [0, 0.1) is 0 Å². The molecule has 26 heavy (non-hydrogen) atoms. The van der Waals surface area contributed by atoms with Crippen LogP contribution in [0.3, 0.4) is 0 Å². The first-order valence-corrected chi connectivity index (χ1v) is 7.80. The molecule has 1 aromatic carbocycles. The van der Waals surface area contributed by atoms with Crippen LogP contribution in [0.5, 0.6) is 0 Å². The highest BCUT2D eigenvalue weighted by molar-refractivity contribution is 6.26. The van der Waals surface area contributed by atoms with E-state index in [-0.39, 0.29) is 42.2 Å². The molecular formula is C17H19ClN4O4. The number of allylic oxidation sites excluding steroid dienone is 1. The molecule has 8 nitrogen and oxygen atoms in total. The third-order valence-corrected chi connectivity index (χ3v) is 4.56. The number of imide groups is 1. The Morgan fingerprint density at radius 3 is 2.65 bits per heavy atom. The molecule has 2 heterocycles. The number of amides is 4. The third-order valence-electron chi connectivity index (χ3n) is 4.56. The van der Waals surface area contributed by atoms with Crippen LogP contribution < -0.4 is 16.4 Å². The molecule has 1 aromatic rings. The van der Waals surface area contributed by atoms with Crippen LogP contribution >= 0.6 is 12.4 Å². The molecule has 1 saturated heterocycles. The van der Waals surface area contributed by atoms with Crippen molar-refractivity contribution < 1.29 is 19.2 Å². The molecule has 0 aromatic heterocycles. The van der Waals surface area contributed by atoms with E-state index in [1.807, 2.05) is 0 Å². The van der Waals surface area contributed by atoms with E-state index in [9.17, 15) is 19.2 Å². The van der Waals surface area contributed by atoms with Gasteiger partial charge in [-0.2, -0.15) is 0 Å². The van der Waals surface area contributed by atoms with Crippen LogP contribution in [0.15, 0.2) is 30.5 Å². The van der Waals surface area contributed by atoms with Crippen molar-refractivity contribution in [2.75, 3.05) is 11.9 Å². The second-order valence-corrected chi connectivity index (χ2v) is 6.26. The topological polar surface area (TPSA) is 122 Å². The van der Waals surface area contributed by atoms with Crippen LogP contribution in [0.1, 0.15) is 40.5 Å². The Labute approximate surface area is 156 Å². The molecule has 0 radical (unpaired) electrons. The molecule has 0 saturated carbocycles. The van der Waals surface area contributed by atoms with Gasteiger partial charge in [-0.15, -0.1) is 12.4 Å². The predicted octanol–water partition coefficient (Wildman–Crippen LogP) is 0.784. The summed E-state index contributed by atoms with van der Waals surface area (Å²) in [5.41, 5.74) is 4.96. The molecule has 4 amide bonds. The highest BCUT2D eigenvalue weighted by Gasteiger charge is 2.52. The summed E-state index contributed by atoms with van der Waals surface area (Å²) >= 11 is 0. The minimum Gasteiger partial charge on any atom is -0.328 e. The highest BCUT2D eigenvalue weighted by atomic mass is 35.5. The number of benzene rings is 1. The number of rotatable bonds is 3. The number of anilines is 1. The molecule has 9 heteroatoms. The largest absolute Gasteiger partial charge is 0.328 e. The number of fused-ring (bicyclic) bond motifs is 1. The Kier molecular flexibility index (Phi) is 5.20. The van der Waals surface area contributed by atoms with Crippen LogP contribution in [-0.4, -0.2) is 40.6 Å². The van der Waals surface area contributed by atoms with Gasteiger partial charge in [0.1, 0.15) is 5.54 Å². The Hall–Kier alpha value is -2.71. The molecule has 1 atom stereocenters. The van der Waals surface area contributed by atoms with Gasteiger partial charge in [0.25, 0.3) is 11.8 Å². The van der Waals surface area contributed by atoms with E-state index in [0.29, 0.717) is 12.1 Å². The van der Waals surface area contributed by atoms with E-state index in [0.717, 1.165) is 4.90 Å². The summed E-state index contributed by atoms with van der Waals surface area (Å²) in [4.78, 5) is 50.8. The van der Waals surface area contributed by atoms with E-state index in [2.05, 4.69) is 17.2 Å². The molecular weight excluding hydrogens is 360 g/mol. The van der Waals surface area contributed by atoms with Gasteiger partial charge in [-0.3, -0.25) is 24.1 Å². The third kappa shape index (κ3) is 2.87.